The third-order valence-electron chi connectivity index (χ3n) is 3.52. The van der Waals surface area contributed by atoms with E-state index in [1.54, 1.807) is 0 Å². The number of rotatable bonds is 6. The number of hydrogen-bond acceptors (Lipinski definition) is 2. The van der Waals surface area contributed by atoms with Crippen LogP contribution in [0.25, 0.3) is 0 Å². The van der Waals surface area contributed by atoms with Crippen LogP contribution in [0.3, 0.4) is 0 Å². The van der Waals surface area contributed by atoms with Crippen molar-refractivity contribution in [3.8, 4) is 23.8 Å². The monoisotopic (exact) mass is 278 g/mol. The van der Waals surface area contributed by atoms with E-state index in [0.29, 0.717) is 12.5 Å². The van der Waals surface area contributed by atoms with Crippen molar-refractivity contribution in [3.05, 3.63) is 59.7 Å². The molecule has 0 bridgehead atoms. The molecule has 3 rings (SSSR count). The fourth-order valence-corrected chi connectivity index (χ4v) is 2.06. The van der Waals surface area contributed by atoms with Gasteiger partial charge < -0.3 is 9.47 Å². The lowest BCUT2D eigenvalue weighted by molar-refractivity contribution is 0.254. The molecule has 2 aromatic rings. The molecule has 0 amide bonds. The molecule has 1 aliphatic rings. The van der Waals surface area contributed by atoms with Crippen molar-refractivity contribution in [3.63, 3.8) is 0 Å². The van der Waals surface area contributed by atoms with Gasteiger partial charge >= 0.3 is 0 Å². The largest absolute Gasteiger partial charge is 0.489 e. The Morgan fingerprint density at radius 1 is 1.00 bits per heavy atom. The summed E-state index contributed by atoms with van der Waals surface area (Å²) in [5, 5.41) is 0. The van der Waals surface area contributed by atoms with Gasteiger partial charge in [0.25, 0.3) is 0 Å². The van der Waals surface area contributed by atoms with Gasteiger partial charge in [-0.15, -0.1) is 6.42 Å². The third kappa shape index (κ3) is 3.79. The van der Waals surface area contributed by atoms with Crippen molar-refractivity contribution in [1.29, 1.82) is 0 Å². The fourth-order valence-electron chi connectivity index (χ4n) is 2.06. The molecule has 0 aromatic heterocycles. The second kappa shape index (κ2) is 6.37. The van der Waals surface area contributed by atoms with Crippen molar-refractivity contribution >= 4 is 0 Å². The summed E-state index contributed by atoms with van der Waals surface area (Å²) in [5.74, 6) is 4.83. The van der Waals surface area contributed by atoms with Crippen molar-refractivity contribution in [2.45, 2.75) is 19.4 Å². The van der Waals surface area contributed by atoms with E-state index in [2.05, 4.69) is 5.92 Å². The Balaban J connectivity index is 1.72. The van der Waals surface area contributed by atoms with Crippen LogP contribution < -0.4 is 9.47 Å². The molecule has 0 spiro atoms. The van der Waals surface area contributed by atoms with Crippen LogP contribution in [0, 0.1) is 18.3 Å². The summed E-state index contributed by atoms with van der Waals surface area (Å²) in [5.41, 5.74) is 1.92. The van der Waals surface area contributed by atoms with E-state index in [-0.39, 0.29) is 0 Å². The summed E-state index contributed by atoms with van der Waals surface area (Å²) >= 11 is 0. The van der Waals surface area contributed by atoms with Crippen molar-refractivity contribution in [2.75, 3.05) is 6.61 Å². The molecule has 0 saturated heterocycles. The maximum Gasteiger partial charge on any atom is 0.162 e. The van der Waals surface area contributed by atoms with E-state index >= 15 is 0 Å². The summed E-state index contributed by atoms with van der Waals surface area (Å²) in [7, 11) is 0. The average Bonchev–Trinajstić information content (AvgIpc) is 3.36. The molecular weight excluding hydrogens is 260 g/mol. The van der Waals surface area contributed by atoms with Crippen LogP contribution in [-0.2, 0) is 6.61 Å². The average molecular weight is 278 g/mol. The highest BCUT2D eigenvalue weighted by molar-refractivity contribution is 5.47. The lowest BCUT2D eigenvalue weighted by atomic mass is 10.2. The maximum atomic E-state index is 5.90. The first-order valence-corrected chi connectivity index (χ1v) is 7.25. The molecule has 0 unspecified atom stereocenters. The Kier molecular flexibility index (Phi) is 4.12. The molecule has 1 aliphatic carbocycles. The zero-order valence-corrected chi connectivity index (χ0v) is 11.9. The van der Waals surface area contributed by atoms with Crippen molar-refractivity contribution in [1.82, 2.24) is 0 Å². The first kappa shape index (κ1) is 13.6. The highest BCUT2D eigenvalue weighted by atomic mass is 16.5. The minimum absolute atomic E-state index is 0.509. The standard InChI is InChI=1S/C19H18O2/c1-2-15-10-11-18(20-14-17-8-9-17)19(12-15)21-13-16-6-4-3-5-7-16/h1,3-7,10-12,17H,8-9,13-14H2. The predicted octanol–water partition coefficient (Wildman–Crippen LogP) is 4.04. The second-order valence-corrected chi connectivity index (χ2v) is 5.33. The van der Waals surface area contributed by atoms with Gasteiger partial charge in [-0.05, 0) is 42.5 Å². The summed E-state index contributed by atoms with van der Waals surface area (Å²) in [6.45, 7) is 1.27. The van der Waals surface area contributed by atoms with Crippen LogP contribution in [0.5, 0.6) is 11.5 Å². The molecule has 2 aromatic carbocycles. The molecule has 0 radical (unpaired) electrons. The van der Waals surface area contributed by atoms with Crippen molar-refractivity contribution < 1.29 is 9.47 Å². The number of ether oxygens (including phenoxy) is 2. The van der Waals surface area contributed by atoms with E-state index in [4.69, 9.17) is 15.9 Å². The number of hydrogen-bond donors (Lipinski definition) is 0. The Hall–Kier alpha value is -2.40. The van der Waals surface area contributed by atoms with E-state index in [1.807, 2.05) is 48.5 Å². The van der Waals surface area contributed by atoms with E-state index < -0.39 is 0 Å². The first-order chi connectivity index (χ1) is 10.3. The van der Waals surface area contributed by atoms with Crippen LogP contribution in [0.15, 0.2) is 48.5 Å². The Bertz CT molecular complexity index is 636. The Labute approximate surface area is 125 Å². The van der Waals surface area contributed by atoms with E-state index in [9.17, 15) is 0 Å². The van der Waals surface area contributed by atoms with E-state index in [0.717, 1.165) is 29.2 Å². The molecule has 0 N–H and O–H groups in total. The van der Waals surface area contributed by atoms with Gasteiger partial charge in [-0.3, -0.25) is 0 Å². The molecule has 0 aliphatic heterocycles. The minimum Gasteiger partial charge on any atom is -0.489 e. The summed E-state index contributed by atoms with van der Waals surface area (Å²) in [6, 6.07) is 15.7. The van der Waals surface area contributed by atoms with Crippen LogP contribution in [0.1, 0.15) is 24.0 Å². The molecule has 106 valence electrons. The molecule has 1 saturated carbocycles. The molecule has 21 heavy (non-hydrogen) atoms. The van der Waals surface area contributed by atoms with Gasteiger partial charge in [-0.2, -0.15) is 0 Å². The van der Waals surface area contributed by atoms with Gasteiger partial charge in [0.15, 0.2) is 11.5 Å². The highest BCUT2D eigenvalue weighted by Gasteiger charge is 2.22. The van der Waals surface area contributed by atoms with Crippen molar-refractivity contribution in [2.24, 2.45) is 5.92 Å². The third-order valence-corrected chi connectivity index (χ3v) is 3.52. The van der Waals surface area contributed by atoms with Gasteiger partial charge in [-0.25, -0.2) is 0 Å². The molecule has 0 atom stereocenters. The number of benzene rings is 2. The normalized spacial score (nSPS) is 13.5. The second-order valence-electron chi connectivity index (χ2n) is 5.33. The Morgan fingerprint density at radius 2 is 1.81 bits per heavy atom. The quantitative estimate of drug-likeness (QED) is 0.743. The predicted molar refractivity (Wildman–Crippen MR) is 83.4 cm³/mol. The van der Waals surface area contributed by atoms with Crippen LogP contribution in [-0.4, -0.2) is 6.61 Å². The lowest BCUT2D eigenvalue weighted by Crippen LogP contribution is -2.03. The summed E-state index contributed by atoms with van der Waals surface area (Å²) in [6.07, 6.45) is 7.99. The van der Waals surface area contributed by atoms with Gasteiger partial charge in [0.2, 0.25) is 0 Å². The Morgan fingerprint density at radius 3 is 2.52 bits per heavy atom. The molecule has 1 fully saturated rings. The zero-order chi connectivity index (χ0) is 14.5. The molecular formula is C19H18O2. The molecule has 2 heteroatoms. The summed E-state index contributed by atoms with van der Waals surface area (Å²) in [4.78, 5) is 0. The molecule has 2 nitrogen and oxygen atoms in total. The molecule has 0 heterocycles. The topological polar surface area (TPSA) is 18.5 Å². The van der Waals surface area contributed by atoms with Gasteiger partial charge in [0.05, 0.1) is 6.61 Å². The fraction of sp³-hybridized carbons (Fsp3) is 0.263. The summed E-state index contributed by atoms with van der Waals surface area (Å²) < 4.78 is 11.8. The van der Waals surface area contributed by atoms with Crippen LogP contribution >= 0.6 is 0 Å². The number of terminal acetylenes is 1. The van der Waals surface area contributed by atoms with Gasteiger partial charge in [0, 0.05) is 5.56 Å². The minimum atomic E-state index is 0.509. The van der Waals surface area contributed by atoms with E-state index in [1.165, 1.54) is 12.8 Å². The smallest absolute Gasteiger partial charge is 0.162 e. The highest BCUT2D eigenvalue weighted by Crippen LogP contribution is 2.33. The van der Waals surface area contributed by atoms with Gasteiger partial charge in [-0.1, -0.05) is 36.3 Å². The zero-order valence-electron chi connectivity index (χ0n) is 11.9. The van der Waals surface area contributed by atoms with Crippen LogP contribution in [0.2, 0.25) is 0 Å². The SMILES string of the molecule is C#Cc1ccc(OCC2CC2)c(OCc2ccccc2)c1. The van der Waals surface area contributed by atoms with Gasteiger partial charge in [0.1, 0.15) is 6.61 Å². The maximum absolute atomic E-state index is 5.90. The lowest BCUT2D eigenvalue weighted by Gasteiger charge is -2.13. The first-order valence-electron chi connectivity index (χ1n) is 7.25. The van der Waals surface area contributed by atoms with Crippen LogP contribution in [0.4, 0.5) is 0 Å².